The Kier molecular flexibility index (Phi) is 4.10. The fourth-order valence-electron chi connectivity index (χ4n) is 2.36. The third-order valence-corrected chi connectivity index (χ3v) is 4.85. The molecule has 0 spiro atoms. The fraction of sp³-hybridized carbons (Fsp3) is 0.294. The van der Waals surface area contributed by atoms with Crippen molar-refractivity contribution in [1.29, 1.82) is 0 Å². The molecule has 0 unspecified atom stereocenters. The third-order valence-electron chi connectivity index (χ3n) is 3.46. The molecular formula is C17H20O3S. The number of hydrogen-bond donors (Lipinski definition) is 0. The summed E-state index contributed by atoms with van der Waals surface area (Å²) in [5, 5.41) is 0. The van der Waals surface area contributed by atoms with Crippen LogP contribution in [0.5, 0.6) is 5.75 Å². The highest BCUT2D eigenvalue weighted by atomic mass is 32.2. The number of hydrogen-bond acceptors (Lipinski definition) is 3. The Morgan fingerprint density at radius 2 is 1.24 bits per heavy atom. The van der Waals surface area contributed by atoms with E-state index in [1.165, 1.54) is 0 Å². The fourth-order valence-corrected chi connectivity index (χ4v) is 3.57. The van der Waals surface area contributed by atoms with Crippen molar-refractivity contribution in [1.82, 2.24) is 0 Å². The van der Waals surface area contributed by atoms with E-state index >= 15 is 0 Å². The molecular weight excluding hydrogens is 284 g/mol. The molecule has 21 heavy (non-hydrogen) atoms. The van der Waals surface area contributed by atoms with Crippen molar-refractivity contribution < 1.29 is 12.6 Å². The van der Waals surface area contributed by atoms with Gasteiger partial charge in [-0.1, -0.05) is 12.1 Å². The molecule has 112 valence electrons. The molecule has 0 amide bonds. The van der Waals surface area contributed by atoms with Crippen LogP contribution >= 0.6 is 0 Å². The maximum atomic E-state index is 12.5. The summed E-state index contributed by atoms with van der Waals surface area (Å²) >= 11 is 0. The SMILES string of the molecule is Cc1cc(C)cc(OS(=O)(=O)c2cc(C)c(C)cc2C)c1. The molecule has 0 bridgehead atoms. The molecule has 0 radical (unpaired) electrons. The maximum absolute atomic E-state index is 12.5. The topological polar surface area (TPSA) is 43.4 Å². The van der Waals surface area contributed by atoms with Crippen LogP contribution < -0.4 is 4.18 Å². The number of benzene rings is 2. The van der Waals surface area contributed by atoms with Crippen molar-refractivity contribution in [3.05, 3.63) is 58.1 Å². The van der Waals surface area contributed by atoms with Gasteiger partial charge in [-0.2, -0.15) is 8.42 Å². The molecule has 0 aromatic heterocycles. The normalized spacial score (nSPS) is 11.5. The lowest BCUT2D eigenvalue weighted by atomic mass is 10.1. The third kappa shape index (κ3) is 3.45. The largest absolute Gasteiger partial charge is 0.379 e. The molecule has 2 aromatic rings. The van der Waals surface area contributed by atoms with E-state index in [2.05, 4.69) is 0 Å². The molecule has 0 heterocycles. The lowest BCUT2D eigenvalue weighted by Gasteiger charge is -2.12. The Morgan fingerprint density at radius 1 is 0.714 bits per heavy atom. The van der Waals surface area contributed by atoms with Gasteiger partial charge in [0, 0.05) is 0 Å². The first-order valence-electron chi connectivity index (χ1n) is 6.79. The first kappa shape index (κ1) is 15.6. The first-order chi connectivity index (χ1) is 9.69. The van der Waals surface area contributed by atoms with Crippen LogP contribution in [0.4, 0.5) is 0 Å². The zero-order chi connectivity index (χ0) is 15.8. The van der Waals surface area contributed by atoms with Gasteiger partial charge in [-0.05, 0) is 80.6 Å². The molecule has 4 heteroatoms. The van der Waals surface area contributed by atoms with Crippen molar-refractivity contribution >= 4 is 10.1 Å². The minimum Gasteiger partial charge on any atom is -0.379 e. The molecule has 0 fully saturated rings. The molecule has 0 aliphatic heterocycles. The molecule has 0 atom stereocenters. The number of rotatable bonds is 3. The van der Waals surface area contributed by atoms with E-state index < -0.39 is 10.1 Å². The van der Waals surface area contributed by atoms with E-state index in [1.807, 2.05) is 39.8 Å². The zero-order valence-electron chi connectivity index (χ0n) is 13.0. The summed E-state index contributed by atoms with van der Waals surface area (Å²) in [6.07, 6.45) is 0. The molecule has 3 nitrogen and oxygen atoms in total. The predicted molar refractivity (Wildman–Crippen MR) is 84.4 cm³/mol. The Labute approximate surface area is 126 Å². The highest BCUT2D eigenvalue weighted by Crippen LogP contribution is 2.25. The minimum absolute atomic E-state index is 0.227. The lowest BCUT2D eigenvalue weighted by molar-refractivity contribution is 0.485. The number of aryl methyl sites for hydroxylation is 5. The summed E-state index contributed by atoms with van der Waals surface area (Å²) < 4.78 is 30.3. The van der Waals surface area contributed by atoms with Crippen LogP contribution in [-0.2, 0) is 10.1 Å². The van der Waals surface area contributed by atoms with Crippen LogP contribution in [0, 0.1) is 34.6 Å². The highest BCUT2D eigenvalue weighted by Gasteiger charge is 2.20. The summed E-state index contributed by atoms with van der Waals surface area (Å²) in [6.45, 7) is 9.46. The van der Waals surface area contributed by atoms with Gasteiger partial charge in [0.2, 0.25) is 0 Å². The average Bonchev–Trinajstić information content (AvgIpc) is 2.31. The van der Waals surface area contributed by atoms with Crippen LogP contribution in [0.3, 0.4) is 0 Å². The average molecular weight is 304 g/mol. The second-order valence-corrected chi connectivity index (χ2v) is 7.08. The minimum atomic E-state index is -3.82. The smallest absolute Gasteiger partial charge is 0.339 e. The predicted octanol–water partition coefficient (Wildman–Crippen LogP) is 4.00. The second-order valence-electron chi connectivity index (χ2n) is 5.56. The molecule has 0 aliphatic carbocycles. The van der Waals surface area contributed by atoms with E-state index in [0.717, 1.165) is 22.3 Å². The van der Waals surface area contributed by atoms with Crippen molar-refractivity contribution in [3.63, 3.8) is 0 Å². The van der Waals surface area contributed by atoms with E-state index in [1.54, 1.807) is 25.1 Å². The van der Waals surface area contributed by atoms with Gasteiger partial charge in [-0.15, -0.1) is 0 Å². The second kappa shape index (κ2) is 5.53. The van der Waals surface area contributed by atoms with E-state index in [4.69, 9.17) is 4.18 Å². The highest BCUT2D eigenvalue weighted by molar-refractivity contribution is 7.87. The Bertz CT molecular complexity index is 770. The van der Waals surface area contributed by atoms with E-state index in [9.17, 15) is 8.42 Å². The van der Waals surface area contributed by atoms with Crippen molar-refractivity contribution in [2.45, 2.75) is 39.5 Å². The van der Waals surface area contributed by atoms with Crippen LogP contribution in [0.25, 0.3) is 0 Å². The summed E-state index contributed by atoms with van der Waals surface area (Å²) in [4.78, 5) is 0.227. The van der Waals surface area contributed by atoms with Crippen molar-refractivity contribution in [3.8, 4) is 5.75 Å². The van der Waals surface area contributed by atoms with Gasteiger partial charge in [0.25, 0.3) is 0 Å². The van der Waals surface area contributed by atoms with Crippen LogP contribution in [0.2, 0.25) is 0 Å². The van der Waals surface area contributed by atoms with Gasteiger partial charge in [-0.3, -0.25) is 0 Å². The molecule has 0 saturated heterocycles. The van der Waals surface area contributed by atoms with Gasteiger partial charge >= 0.3 is 10.1 Å². The quantitative estimate of drug-likeness (QED) is 0.805. The molecule has 0 saturated carbocycles. The summed E-state index contributed by atoms with van der Waals surface area (Å²) in [6, 6.07) is 8.96. The Balaban J connectivity index is 2.45. The van der Waals surface area contributed by atoms with Crippen LogP contribution in [0.1, 0.15) is 27.8 Å². The Hall–Kier alpha value is -1.81. The molecule has 2 rings (SSSR count). The van der Waals surface area contributed by atoms with Crippen molar-refractivity contribution in [2.24, 2.45) is 0 Å². The van der Waals surface area contributed by atoms with Crippen molar-refractivity contribution in [2.75, 3.05) is 0 Å². The zero-order valence-corrected chi connectivity index (χ0v) is 13.8. The van der Waals surface area contributed by atoms with E-state index in [0.29, 0.717) is 11.3 Å². The maximum Gasteiger partial charge on any atom is 0.339 e. The standard InChI is InChI=1S/C17H20O3S/c1-11-6-12(2)8-16(7-11)20-21(18,19)17-10-14(4)13(3)9-15(17)5/h6-10H,1-5H3. The van der Waals surface area contributed by atoms with Crippen LogP contribution in [-0.4, -0.2) is 8.42 Å². The lowest BCUT2D eigenvalue weighted by Crippen LogP contribution is -2.12. The monoisotopic (exact) mass is 304 g/mol. The first-order valence-corrected chi connectivity index (χ1v) is 8.20. The van der Waals surface area contributed by atoms with Gasteiger partial charge in [0.05, 0.1) is 0 Å². The summed E-state index contributed by atoms with van der Waals surface area (Å²) in [5.74, 6) is 0.352. The molecule has 0 N–H and O–H groups in total. The van der Waals surface area contributed by atoms with E-state index in [-0.39, 0.29) is 4.90 Å². The van der Waals surface area contributed by atoms with Crippen LogP contribution in [0.15, 0.2) is 35.2 Å². The molecule has 0 aliphatic rings. The van der Waals surface area contributed by atoms with Gasteiger partial charge in [0.1, 0.15) is 10.6 Å². The van der Waals surface area contributed by atoms with Gasteiger partial charge < -0.3 is 4.18 Å². The summed E-state index contributed by atoms with van der Waals surface area (Å²) in [5.41, 5.74) is 4.64. The molecule has 2 aromatic carbocycles. The summed E-state index contributed by atoms with van der Waals surface area (Å²) in [7, 11) is -3.82. The van der Waals surface area contributed by atoms with Gasteiger partial charge in [-0.25, -0.2) is 0 Å². The Morgan fingerprint density at radius 3 is 1.81 bits per heavy atom. The van der Waals surface area contributed by atoms with Gasteiger partial charge in [0.15, 0.2) is 0 Å².